The zero-order valence-electron chi connectivity index (χ0n) is 45.3. The van der Waals surface area contributed by atoms with Gasteiger partial charge in [0, 0.05) is 19.3 Å². The minimum absolute atomic E-state index is 0.0987. The Labute approximate surface area is 426 Å². The lowest BCUT2D eigenvalue weighted by Crippen LogP contribution is -2.30. The molecule has 0 aromatic heterocycles. The van der Waals surface area contributed by atoms with Crippen molar-refractivity contribution in [3.63, 3.8) is 0 Å². The molecule has 0 heterocycles. The van der Waals surface area contributed by atoms with Crippen molar-refractivity contribution in [3.8, 4) is 0 Å². The molecule has 0 aliphatic carbocycles. The van der Waals surface area contributed by atoms with Crippen LogP contribution < -0.4 is 0 Å². The van der Waals surface area contributed by atoms with Crippen molar-refractivity contribution in [1.29, 1.82) is 0 Å². The average Bonchev–Trinajstić information content (AvgIpc) is 3.35. The van der Waals surface area contributed by atoms with Gasteiger partial charge in [-0.1, -0.05) is 221 Å². The van der Waals surface area contributed by atoms with Gasteiger partial charge in [0.1, 0.15) is 13.2 Å². The van der Waals surface area contributed by atoms with Gasteiger partial charge in [-0.2, -0.15) is 0 Å². The molecule has 6 nitrogen and oxygen atoms in total. The van der Waals surface area contributed by atoms with Gasteiger partial charge in [-0.15, -0.1) is 0 Å². The first-order chi connectivity index (χ1) is 34.0. The molecule has 0 radical (unpaired) electrons. The Morgan fingerprint density at radius 1 is 0.290 bits per heavy atom. The van der Waals surface area contributed by atoms with Gasteiger partial charge in [-0.3, -0.25) is 14.4 Å². The fourth-order valence-electron chi connectivity index (χ4n) is 7.92. The summed E-state index contributed by atoms with van der Waals surface area (Å²) >= 11 is 0. The van der Waals surface area contributed by atoms with Gasteiger partial charge in [0.15, 0.2) is 6.10 Å². The molecule has 6 heteroatoms. The molecule has 0 saturated carbocycles. The molecule has 69 heavy (non-hydrogen) atoms. The highest BCUT2D eigenvalue weighted by Gasteiger charge is 2.19. The Morgan fingerprint density at radius 3 is 0.884 bits per heavy atom. The van der Waals surface area contributed by atoms with Crippen molar-refractivity contribution in [1.82, 2.24) is 0 Å². The predicted octanol–water partition coefficient (Wildman–Crippen LogP) is 19.5. The second-order valence-electron chi connectivity index (χ2n) is 19.2. The highest BCUT2D eigenvalue weighted by molar-refractivity contribution is 5.71. The number of esters is 3. The predicted molar refractivity (Wildman–Crippen MR) is 297 cm³/mol. The molecule has 0 bridgehead atoms. The zero-order chi connectivity index (χ0) is 50.0. The van der Waals surface area contributed by atoms with Crippen LogP contribution in [0.15, 0.2) is 85.1 Å². The van der Waals surface area contributed by atoms with Crippen LogP contribution in [0.2, 0.25) is 0 Å². The molecule has 0 aliphatic rings. The molecular weight excluding hydrogens is 853 g/mol. The Hall–Kier alpha value is -3.41. The van der Waals surface area contributed by atoms with E-state index in [2.05, 4.69) is 106 Å². The largest absolute Gasteiger partial charge is 0.462 e. The van der Waals surface area contributed by atoms with E-state index in [-0.39, 0.29) is 31.1 Å². The second-order valence-corrected chi connectivity index (χ2v) is 19.2. The van der Waals surface area contributed by atoms with Crippen molar-refractivity contribution < 1.29 is 28.6 Å². The molecule has 0 rings (SSSR count). The third-order valence-corrected chi connectivity index (χ3v) is 12.3. The first-order valence-corrected chi connectivity index (χ1v) is 29.1. The Morgan fingerprint density at radius 2 is 0.522 bits per heavy atom. The number of rotatable bonds is 52. The van der Waals surface area contributed by atoms with Crippen LogP contribution in [-0.2, 0) is 28.6 Å². The minimum Gasteiger partial charge on any atom is -0.462 e. The molecule has 396 valence electrons. The zero-order valence-corrected chi connectivity index (χ0v) is 45.3. The molecule has 0 saturated heterocycles. The van der Waals surface area contributed by atoms with Crippen LogP contribution in [-0.4, -0.2) is 37.2 Å². The molecule has 0 unspecified atom stereocenters. The fraction of sp³-hybridized carbons (Fsp3) is 0.730. The highest BCUT2D eigenvalue weighted by Crippen LogP contribution is 2.14. The standard InChI is InChI=1S/C63H108O6/c1-4-7-10-13-16-19-22-25-28-30-31-33-35-38-41-44-47-50-53-56-62(65)68-59-60(58-67-61(64)55-52-49-46-43-40-37-34-27-24-21-18-15-12-9-6-3)69-63(66)57-54-51-48-45-42-39-36-32-29-26-23-20-17-14-11-8-5-2/h17-18,20-21,25-29,34,36,39-40,43,60H,4-16,19,22-24,30-33,35,37-38,41-42,44-59H2,1-3H3/b20-17-,21-18-,28-25-,29-26-,34-27-,39-36-,43-40-/t60-/m1/s1. The summed E-state index contributed by atoms with van der Waals surface area (Å²) in [6.45, 7) is 6.54. The summed E-state index contributed by atoms with van der Waals surface area (Å²) in [6.07, 6.45) is 74.3. The molecule has 0 aromatic rings. The SMILES string of the molecule is CCCCC/C=C\C/C=C\C/C=C\CCCCCCC(=O)O[C@H](COC(=O)CCCC/C=C\C/C=C\C/C=C\CCCCC)COC(=O)CCCCCCCCCCC/C=C\CCCCCCCC. The Balaban J connectivity index is 4.46. The maximum absolute atomic E-state index is 12.9. The van der Waals surface area contributed by atoms with Crippen LogP contribution in [0.1, 0.15) is 278 Å². The van der Waals surface area contributed by atoms with Crippen molar-refractivity contribution in [3.05, 3.63) is 85.1 Å². The molecule has 0 amide bonds. The van der Waals surface area contributed by atoms with Crippen molar-refractivity contribution >= 4 is 17.9 Å². The Kier molecular flexibility index (Phi) is 54.3. The van der Waals surface area contributed by atoms with Crippen LogP contribution in [0.25, 0.3) is 0 Å². The van der Waals surface area contributed by atoms with E-state index >= 15 is 0 Å². The number of hydrogen-bond donors (Lipinski definition) is 0. The van der Waals surface area contributed by atoms with Gasteiger partial charge in [0.25, 0.3) is 0 Å². The van der Waals surface area contributed by atoms with Crippen LogP contribution in [0.3, 0.4) is 0 Å². The number of allylic oxidation sites excluding steroid dienone is 14. The summed E-state index contributed by atoms with van der Waals surface area (Å²) in [5.74, 6) is -0.957. The van der Waals surface area contributed by atoms with E-state index in [1.165, 1.54) is 141 Å². The first-order valence-electron chi connectivity index (χ1n) is 29.1. The van der Waals surface area contributed by atoms with Crippen LogP contribution in [0.4, 0.5) is 0 Å². The summed E-state index contributed by atoms with van der Waals surface area (Å²) in [7, 11) is 0. The number of carbonyl (C=O) groups excluding carboxylic acids is 3. The molecule has 0 fully saturated rings. The van der Waals surface area contributed by atoms with E-state index in [0.29, 0.717) is 19.3 Å². The van der Waals surface area contributed by atoms with Crippen molar-refractivity contribution in [2.75, 3.05) is 13.2 Å². The molecular formula is C63H108O6. The third kappa shape index (κ3) is 55.4. The summed E-state index contributed by atoms with van der Waals surface area (Å²) in [5.41, 5.74) is 0. The highest BCUT2D eigenvalue weighted by atomic mass is 16.6. The minimum atomic E-state index is -0.805. The van der Waals surface area contributed by atoms with Gasteiger partial charge in [-0.05, 0) is 122 Å². The molecule has 0 aromatic carbocycles. The van der Waals surface area contributed by atoms with E-state index in [9.17, 15) is 14.4 Å². The topological polar surface area (TPSA) is 78.9 Å². The summed E-state index contributed by atoms with van der Waals surface area (Å²) in [4.78, 5) is 38.2. The van der Waals surface area contributed by atoms with Gasteiger partial charge < -0.3 is 14.2 Å². The fourth-order valence-corrected chi connectivity index (χ4v) is 7.92. The van der Waals surface area contributed by atoms with Crippen LogP contribution in [0, 0.1) is 0 Å². The van der Waals surface area contributed by atoms with Crippen LogP contribution >= 0.6 is 0 Å². The van der Waals surface area contributed by atoms with E-state index in [1.807, 2.05) is 0 Å². The smallest absolute Gasteiger partial charge is 0.306 e. The lowest BCUT2D eigenvalue weighted by Gasteiger charge is -2.18. The molecule has 0 N–H and O–H groups in total. The maximum Gasteiger partial charge on any atom is 0.306 e. The third-order valence-electron chi connectivity index (χ3n) is 12.3. The van der Waals surface area contributed by atoms with Gasteiger partial charge >= 0.3 is 17.9 Å². The second kappa shape index (κ2) is 57.2. The van der Waals surface area contributed by atoms with Crippen molar-refractivity contribution in [2.45, 2.75) is 284 Å². The van der Waals surface area contributed by atoms with E-state index in [0.717, 1.165) is 96.3 Å². The van der Waals surface area contributed by atoms with Gasteiger partial charge in [0.2, 0.25) is 0 Å². The number of ether oxygens (including phenoxy) is 3. The normalized spacial score (nSPS) is 12.7. The summed E-state index contributed by atoms with van der Waals surface area (Å²) in [6, 6.07) is 0. The van der Waals surface area contributed by atoms with Crippen LogP contribution in [0.5, 0.6) is 0 Å². The molecule has 1 atom stereocenters. The monoisotopic (exact) mass is 961 g/mol. The quantitative estimate of drug-likeness (QED) is 0.0262. The van der Waals surface area contributed by atoms with E-state index in [4.69, 9.17) is 14.2 Å². The van der Waals surface area contributed by atoms with E-state index < -0.39 is 6.10 Å². The summed E-state index contributed by atoms with van der Waals surface area (Å²) in [5, 5.41) is 0. The van der Waals surface area contributed by atoms with E-state index in [1.54, 1.807) is 0 Å². The maximum atomic E-state index is 12.9. The van der Waals surface area contributed by atoms with Crippen molar-refractivity contribution in [2.24, 2.45) is 0 Å². The number of unbranched alkanes of at least 4 members (excludes halogenated alkanes) is 27. The summed E-state index contributed by atoms with van der Waals surface area (Å²) < 4.78 is 16.8. The number of carbonyl (C=O) groups is 3. The molecule has 0 aliphatic heterocycles. The Bertz CT molecular complexity index is 1330. The van der Waals surface area contributed by atoms with Gasteiger partial charge in [0.05, 0.1) is 0 Å². The van der Waals surface area contributed by atoms with Gasteiger partial charge in [-0.25, -0.2) is 0 Å². The average molecular weight is 962 g/mol. The molecule has 0 spiro atoms. The first kappa shape index (κ1) is 65.6. The number of hydrogen-bond acceptors (Lipinski definition) is 6. The lowest BCUT2D eigenvalue weighted by molar-refractivity contribution is -0.167. The lowest BCUT2D eigenvalue weighted by atomic mass is 10.1.